The number of imide groups is 2. The van der Waals surface area contributed by atoms with E-state index in [2.05, 4.69) is 5.32 Å². The van der Waals surface area contributed by atoms with Crippen LogP contribution in [0.3, 0.4) is 0 Å². The molecule has 2 aliphatic rings. The molecule has 0 spiro atoms. The number of nitrogens with zero attached hydrogens (tertiary/aromatic N) is 2. The molecule has 0 bridgehead atoms. The van der Waals surface area contributed by atoms with Crippen molar-refractivity contribution in [1.29, 1.82) is 0 Å². The Balaban J connectivity index is 1.69. The second-order valence-corrected chi connectivity index (χ2v) is 6.18. The summed E-state index contributed by atoms with van der Waals surface area (Å²) in [5.41, 5.74) is 0.606. The summed E-state index contributed by atoms with van der Waals surface area (Å²) in [4.78, 5) is 50.5. The number of thioether (sulfide) groups is 1. The zero-order chi connectivity index (χ0) is 16.6. The molecule has 1 aromatic carbocycles. The molecule has 2 fully saturated rings. The highest BCUT2D eigenvalue weighted by Gasteiger charge is 2.51. The van der Waals surface area contributed by atoms with Crippen molar-refractivity contribution >= 4 is 41.2 Å². The number of urea groups is 1. The SMILES string of the molecule is CSc1ccccc1NC(=O)CN1C(=O)C(=O)N(C2CC2)C1=O. The maximum absolute atomic E-state index is 12.1. The number of nitrogens with one attached hydrogen (secondary N) is 1. The first-order valence-electron chi connectivity index (χ1n) is 7.15. The van der Waals surface area contributed by atoms with Crippen LogP contribution in [0.1, 0.15) is 12.8 Å². The fourth-order valence-electron chi connectivity index (χ4n) is 2.40. The lowest BCUT2D eigenvalue weighted by Crippen LogP contribution is -2.39. The second-order valence-electron chi connectivity index (χ2n) is 5.33. The highest BCUT2D eigenvalue weighted by atomic mass is 32.2. The first-order valence-corrected chi connectivity index (χ1v) is 8.37. The molecular formula is C15H15N3O4S. The summed E-state index contributed by atoms with van der Waals surface area (Å²) >= 11 is 1.47. The van der Waals surface area contributed by atoms with Gasteiger partial charge in [0.05, 0.1) is 5.69 Å². The average molecular weight is 333 g/mol. The van der Waals surface area contributed by atoms with Crippen LogP contribution < -0.4 is 5.32 Å². The van der Waals surface area contributed by atoms with E-state index in [1.165, 1.54) is 11.8 Å². The monoisotopic (exact) mass is 333 g/mol. The van der Waals surface area contributed by atoms with E-state index < -0.39 is 30.3 Å². The van der Waals surface area contributed by atoms with Gasteiger partial charge in [-0.3, -0.25) is 19.3 Å². The summed E-state index contributed by atoms with van der Waals surface area (Å²) in [6.45, 7) is -0.463. The number of hydrogen-bond acceptors (Lipinski definition) is 5. The van der Waals surface area contributed by atoms with Crippen LogP contribution in [0.15, 0.2) is 29.2 Å². The molecule has 1 aromatic rings. The molecule has 0 radical (unpaired) electrons. The lowest BCUT2D eigenvalue weighted by Gasteiger charge is -2.15. The molecular weight excluding hydrogens is 318 g/mol. The predicted molar refractivity (Wildman–Crippen MR) is 83.8 cm³/mol. The van der Waals surface area contributed by atoms with Crippen LogP contribution in [-0.4, -0.2) is 52.4 Å². The zero-order valence-electron chi connectivity index (χ0n) is 12.4. The lowest BCUT2D eigenvalue weighted by atomic mass is 10.3. The van der Waals surface area contributed by atoms with Gasteiger partial charge in [0.1, 0.15) is 6.54 Å². The Labute approximate surface area is 137 Å². The van der Waals surface area contributed by atoms with Gasteiger partial charge in [-0.05, 0) is 31.2 Å². The Hall–Kier alpha value is -2.35. The molecule has 3 rings (SSSR count). The molecule has 1 aliphatic carbocycles. The van der Waals surface area contributed by atoms with E-state index in [0.717, 1.165) is 9.80 Å². The number of anilines is 1. The maximum atomic E-state index is 12.1. The molecule has 1 N–H and O–H groups in total. The van der Waals surface area contributed by atoms with Crippen LogP contribution in [0.25, 0.3) is 0 Å². The van der Waals surface area contributed by atoms with Crippen LogP contribution in [-0.2, 0) is 14.4 Å². The number of hydrogen-bond donors (Lipinski definition) is 1. The summed E-state index contributed by atoms with van der Waals surface area (Å²) < 4.78 is 0. The second kappa shape index (κ2) is 6.04. The molecule has 23 heavy (non-hydrogen) atoms. The summed E-state index contributed by atoms with van der Waals surface area (Å²) in [5, 5.41) is 2.67. The lowest BCUT2D eigenvalue weighted by molar-refractivity contribution is -0.143. The Morgan fingerprint density at radius 3 is 2.57 bits per heavy atom. The number of carbonyl (C=O) groups excluding carboxylic acids is 4. The molecule has 8 heteroatoms. The molecule has 5 amide bonds. The van der Waals surface area contributed by atoms with Gasteiger partial charge in [-0.2, -0.15) is 0 Å². The summed E-state index contributed by atoms with van der Waals surface area (Å²) in [6.07, 6.45) is 3.31. The number of carbonyl (C=O) groups is 4. The maximum Gasteiger partial charge on any atom is 0.334 e. The number of amides is 5. The third kappa shape index (κ3) is 2.94. The molecule has 120 valence electrons. The number of para-hydroxylation sites is 1. The topological polar surface area (TPSA) is 86.8 Å². The van der Waals surface area contributed by atoms with Gasteiger partial charge in [-0.1, -0.05) is 12.1 Å². The van der Waals surface area contributed by atoms with Crippen LogP contribution in [0.5, 0.6) is 0 Å². The van der Waals surface area contributed by atoms with Gasteiger partial charge >= 0.3 is 17.8 Å². The van der Waals surface area contributed by atoms with Crippen molar-refractivity contribution < 1.29 is 19.2 Å². The van der Waals surface area contributed by atoms with E-state index >= 15 is 0 Å². The summed E-state index contributed by atoms with van der Waals surface area (Å²) in [6, 6.07) is 6.32. The minimum Gasteiger partial charge on any atom is -0.324 e. The predicted octanol–water partition coefficient (Wildman–Crippen LogP) is 1.30. The van der Waals surface area contributed by atoms with E-state index in [9.17, 15) is 19.2 Å². The summed E-state index contributed by atoms with van der Waals surface area (Å²) in [5.74, 6) is -2.29. The molecule has 0 aromatic heterocycles. The molecule has 1 saturated heterocycles. The molecule has 0 atom stereocenters. The first-order chi connectivity index (χ1) is 11.0. The molecule has 0 unspecified atom stereocenters. The van der Waals surface area contributed by atoms with Crippen LogP contribution in [0.4, 0.5) is 10.5 Å². The van der Waals surface area contributed by atoms with Gasteiger partial charge in [-0.25, -0.2) is 9.69 Å². The average Bonchev–Trinajstić information content (AvgIpc) is 3.34. The van der Waals surface area contributed by atoms with Gasteiger partial charge in [0.15, 0.2) is 0 Å². The van der Waals surface area contributed by atoms with Crippen molar-refractivity contribution in [2.24, 2.45) is 0 Å². The fraction of sp³-hybridized carbons (Fsp3) is 0.333. The number of benzene rings is 1. The highest BCUT2D eigenvalue weighted by molar-refractivity contribution is 7.98. The van der Waals surface area contributed by atoms with Crippen molar-refractivity contribution in [3.8, 4) is 0 Å². The quantitative estimate of drug-likeness (QED) is 0.499. The highest BCUT2D eigenvalue weighted by Crippen LogP contribution is 2.31. The van der Waals surface area contributed by atoms with Gasteiger partial charge in [0.2, 0.25) is 5.91 Å². The van der Waals surface area contributed by atoms with Gasteiger partial charge in [0, 0.05) is 10.9 Å². The van der Waals surface area contributed by atoms with Crippen LogP contribution in [0.2, 0.25) is 0 Å². The Morgan fingerprint density at radius 2 is 1.91 bits per heavy atom. The molecule has 7 nitrogen and oxygen atoms in total. The minimum atomic E-state index is -0.935. The minimum absolute atomic E-state index is 0.191. The zero-order valence-corrected chi connectivity index (χ0v) is 13.3. The normalized spacial score (nSPS) is 17.9. The van der Waals surface area contributed by atoms with E-state index in [0.29, 0.717) is 23.4 Å². The van der Waals surface area contributed by atoms with Crippen molar-refractivity contribution in [2.45, 2.75) is 23.8 Å². The molecule has 1 aliphatic heterocycles. The van der Waals surface area contributed by atoms with Crippen molar-refractivity contribution in [3.05, 3.63) is 24.3 Å². The third-order valence-electron chi connectivity index (χ3n) is 3.68. The Kier molecular flexibility index (Phi) is 4.08. The van der Waals surface area contributed by atoms with Gasteiger partial charge in [-0.15, -0.1) is 11.8 Å². The van der Waals surface area contributed by atoms with Crippen LogP contribution >= 0.6 is 11.8 Å². The van der Waals surface area contributed by atoms with E-state index in [4.69, 9.17) is 0 Å². The fourth-order valence-corrected chi connectivity index (χ4v) is 2.95. The van der Waals surface area contributed by atoms with E-state index in [1.807, 2.05) is 18.4 Å². The summed E-state index contributed by atoms with van der Waals surface area (Å²) in [7, 11) is 0. The molecule has 1 heterocycles. The molecule has 1 saturated carbocycles. The third-order valence-corrected chi connectivity index (χ3v) is 4.47. The standard InChI is InChI=1S/C15H15N3O4S/c1-23-11-5-3-2-4-10(11)16-12(19)8-17-13(20)14(21)18(15(17)22)9-6-7-9/h2-5,9H,6-8H2,1H3,(H,16,19). The van der Waals surface area contributed by atoms with E-state index in [1.54, 1.807) is 12.1 Å². The van der Waals surface area contributed by atoms with Crippen molar-refractivity contribution in [3.63, 3.8) is 0 Å². The van der Waals surface area contributed by atoms with Crippen molar-refractivity contribution in [1.82, 2.24) is 9.80 Å². The first kappa shape index (κ1) is 15.5. The van der Waals surface area contributed by atoms with Gasteiger partial charge in [0.25, 0.3) is 0 Å². The number of rotatable bonds is 5. The Bertz CT molecular complexity index is 702. The smallest absolute Gasteiger partial charge is 0.324 e. The van der Waals surface area contributed by atoms with Gasteiger partial charge < -0.3 is 5.32 Å². The van der Waals surface area contributed by atoms with Crippen LogP contribution in [0, 0.1) is 0 Å². The largest absolute Gasteiger partial charge is 0.334 e. The Morgan fingerprint density at radius 1 is 1.22 bits per heavy atom. The van der Waals surface area contributed by atoms with E-state index in [-0.39, 0.29) is 6.04 Å². The van der Waals surface area contributed by atoms with Crippen molar-refractivity contribution in [2.75, 3.05) is 18.1 Å².